The van der Waals surface area contributed by atoms with Crippen molar-refractivity contribution >= 4 is 5.69 Å². The standard InChI is InChI=1S/C28H34N2O/c1-22(2)18-27(28-21-30(28)25-14-16-26(31-3)17-15-25)29(19-23-10-6-4-7-11-23)20-24-12-8-5-9-13-24/h4-17,22,27-28H,18-21H2,1-3H3/t27-,28+,30?/m0/s1. The van der Waals surface area contributed by atoms with E-state index in [4.69, 9.17) is 4.74 Å². The van der Waals surface area contributed by atoms with E-state index in [1.165, 1.54) is 23.2 Å². The van der Waals surface area contributed by atoms with Gasteiger partial charge in [0.25, 0.3) is 0 Å². The van der Waals surface area contributed by atoms with Gasteiger partial charge in [0, 0.05) is 31.4 Å². The van der Waals surface area contributed by atoms with Crippen LogP contribution in [-0.4, -0.2) is 30.6 Å². The lowest BCUT2D eigenvalue weighted by Crippen LogP contribution is -2.40. The van der Waals surface area contributed by atoms with Crippen LogP contribution in [0.25, 0.3) is 0 Å². The lowest BCUT2D eigenvalue weighted by atomic mass is 9.98. The molecule has 0 bridgehead atoms. The van der Waals surface area contributed by atoms with E-state index in [-0.39, 0.29) is 0 Å². The molecule has 1 fully saturated rings. The van der Waals surface area contributed by atoms with Crippen molar-refractivity contribution in [1.82, 2.24) is 4.90 Å². The summed E-state index contributed by atoms with van der Waals surface area (Å²) in [7, 11) is 1.72. The van der Waals surface area contributed by atoms with E-state index in [0.717, 1.165) is 25.4 Å². The fourth-order valence-corrected chi connectivity index (χ4v) is 4.51. The molecule has 162 valence electrons. The second-order valence-corrected chi connectivity index (χ2v) is 8.99. The average Bonchev–Trinajstić information content (AvgIpc) is 3.59. The van der Waals surface area contributed by atoms with Gasteiger partial charge < -0.3 is 9.64 Å². The third-order valence-electron chi connectivity index (χ3n) is 6.14. The minimum Gasteiger partial charge on any atom is -0.497 e. The molecule has 0 N–H and O–H groups in total. The summed E-state index contributed by atoms with van der Waals surface area (Å²) in [5.74, 6) is 1.56. The Kier molecular flexibility index (Phi) is 6.93. The molecule has 3 heteroatoms. The van der Waals surface area contributed by atoms with Crippen LogP contribution >= 0.6 is 0 Å². The maximum atomic E-state index is 5.34. The van der Waals surface area contributed by atoms with Gasteiger partial charge in [-0.1, -0.05) is 74.5 Å². The molecule has 0 radical (unpaired) electrons. The summed E-state index contributed by atoms with van der Waals surface area (Å²) in [6.07, 6.45) is 1.19. The third-order valence-corrected chi connectivity index (χ3v) is 6.14. The predicted octanol–water partition coefficient (Wildman–Crippen LogP) is 6.00. The number of methoxy groups -OCH3 is 1. The molecule has 3 aromatic rings. The number of ether oxygens (including phenoxy) is 1. The summed E-state index contributed by atoms with van der Waals surface area (Å²) < 4.78 is 5.34. The van der Waals surface area contributed by atoms with Crippen molar-refractivity contribution in [3.8, 4) is 5.75 Å². The van der Waals surface area contributed by atoms with Crippen LogP contribution in [0, 0.1) is 5.92 Å². The lowest BCUT2D eigenvalue weighted by molar-refractivity contribution is 0.155. The van der Waals surface area contributed by atoms with Crippen LogP contribution in [0.15, 0.2) is 84.9 Å². The van der Waals surface area contributed by atoms with Crippen LogP contribution in [0.1, 0.15) is 31.4 Å². The molecular weight excluding hydrogens is 380 g/mol. The SMILES string of the molecule is COc1ccc(N2C[C@@H]2[C@H](CC(C)C)N(Cc2ccccc2)Cc2ccccc2)cc1. The van der Waals surface area contributed by atoms with E-state index in [0.29, 0.717) is 18.0 Å². The summed E-state index contributed by atoms with van der Waals surface area (Å²) in [6, 6.07) is 31.3. The first-order valence-corrected chi connectivity index (χ1v) is 11.4. The monoisotopic (exact) mass is 414 g/mol. The van der Waals surface area contributed by atoms with Crippen molar-refractivity contribution in [2.75, 3.05) is 18.6 Å². The molecular formula is C28H34N2O. The summed E-state index contributed by atoms with van der Waals surface area (Å²) >= 11 is 0. The molecule has 4 rings (SSSR count). The Bertz CT molecular complexity index is 883. The summed E-state index contributed by atoms with van der Waals surface area (Å²) in [4.78, 5) is 5.23. The van der Waals surface area contributed by atoms with E-state index in [1.807, 2.05) is 0 Å². The molecule has 0 unspecified atom stereocenters. The van der Waals surface area contributed by atoms with E-state index >= 15 is 0 Å². The molecule has 3 aromatic carbocycles. The molecule has 0 spiro atoms. The predicted molar refractivity (Wildman–Crippen MR) is 130 cm³/mol. The number of hydrogen-bond acceptors (Lipinski definition) is 3. The highest BCUT2D eigenvalue weighted by molar-refractivity contribution is 5.56. The molecule has 3 nitrogen and oxygen atoms in total. The Morgan fingerprint density at radius 3 is 1.87 bits per heavy atom. The van der Waals surface area contributed by atoms with Gasteiger partial charge in [-0.2, -0.15) is 0 Å². The van der Waals surface area contributed by atoms with Crippen molar-refractivity contribution < 1.29 is 4.74 Å². The first kappa shape index (κ1) is 21.5. The topological polar surface area (TPSA) is 15.5 Å². The molecule has 1 aliphatic heterocycles. The number of nitrogens with zero attached hydrogens (tertiary/aromatic N) is 2. The number of anilines is 1. The van der Waals surface area contributed by atoms with Gasteiger partial charge in [0.1, 0.15) is 5.75 Å². The molecule has 0 aliphatic carbocycles. The summed E-state index contributed by atoms with van der Waals surface area (Å²) in [6.45, 7) is 7.75. The summed E-state index contributed by atoms with van der Waals surface area (Å²) in [5, 5.41) is 0. The Morgan fingerprint density at radius 2 is 1.39 bits per heavy atom. The van der Waals surface area contributed by atoms with Gasteiger partial charge in [0.05, 0.1) is 13.2 Å². The molecule has 1 aliphatic rings. The maximum absolute atomic E-state index is 5.34. The smallest absolute Gasteiger partial charge is 0.119 e. The summed E-state index contributed by atoms with van der Waals surface area (Å²) in [5.41, 5.74) is 4.05. The zero-order valence-electron chi connectivity index (χ0n) is 18.9. The van der Waals surface area contributed by atoms with Crippen LogP contribution in [0.3, 0.4) is 0 Å². The molecule has 0 saturated carbocycles. The normalized spacial score (nSPS) is 16.5. The Hall–Kier alpha value is -2.78. The maximum Gasteiger partial charge on any atom is 0.119 e. The first-order chi connectivity index (χ1) is 15.1. The fourth-order valence-electron chi connectivity index (χ4n) is 4.51. The van der Waals surface area contributed by atoms with Gasteiger partial charge in [0.2, 0.25) is 0 Å². The van der Waals surface area contributed by atoms with E-state index in [2.05, 4.69) is 109 Å². The largest absolute Gasteiger partial charge is 0.497 e. The highest BCUT2D eigenvalue weighted by atomic mass is 16.5. The van der Waals surface area contributed by atoms with Crippen LogP contribution in [0.2, 0.25) is 0 Å². The quantitative estimate of drug-likeness (QED) is 0.378. The zero-order chi connectivity index (χ0) is 21.6. The average molecular weight is 415 g/mol. The molecule has 2 atom stereocenters. The molecule has 0 amide bonds. The minimum absolute atomic E-state index is 0.502. The number of hydrogen-bond donors (Lipinski definition) is 0. The Balaban J connectivity index is 1.57. The van der Waals surface area contributed by atoms with Crippen molar-refractivity contribution in [3.05, 3.63) is 96.1 Å². The van der Waals surface area contributed by atoms with Gasteiger partial charge in [-0.15, -0.1) is 0 Å². The van der Waals surface area contributed by atoms with Gasteiger partial charge in [-0.05, 0) is 47.7 Å². The van der Waals surface area contributed by atoms with E-state index < -0.39 is 0 Å². The van der Waals surface area contributed by atoms with Gasteiger partial charge >= 0.3 is 0 Å². The fraction of sp³-hybridized carbons (Fsp3) is 0.357. The lowest BCUT2D eigenvalue weighted by Gasteiger charge is -2.33. The first-order valence-electron chi connectivity index (χ1n) is 11.4. The van der Waals surface area contributed by atoms with Crippen LogP contribution in [-0.2, 0) is 13.1 Å². The highest BCUT2D eigenvalue weighted by Crippen LogP contribution is 2.36. The number of rotatable bonds is 10. The van der Waals surface area contributed by atoms with Crippen molar-refractivity contribution in [2.24, 2.45) is 5.92 Å². The van der Waals surface area contributed by atoms with Gasteiger partial charge in [-0.25, -0.2) is 0 Å². The molecule has 1 saturated heterocycles. The van der Waals surface area contributed by atoms with Crippen molar-refractivity contribution in [3.63, 3.8) is 0 Å². The van der Waals surface area contributed by atoms with Crippen molar-refractivity contribution in [1.29, 1.82) is 0 Å². The highest BCUT2D eigenvalue weighted by Gasteiger charge is 2.43. The van der Waals surface area contributed by atoms with Crippen LogP contribution < -0.4 is 9.64 Å². The molecule has 1 heterocycles. The minimum atomic E-state index is 0.502. The van der Waals surface area contributed by atoms with Crippen molar-refractivity contribution in [2.45, 2.75) is 45.4 Å². The molecule has 31 heavy (non-hydrogen) atoms. The van der Waals surface area contributed by atoms with E-state index in [1.54, 1.807) is 7.11 Å². The Labute approximate surface area is 187 Å². The number of benzene rings is 3. The van der Waals surface area contributed by atoms with E-state index in [9.17, 15) is 0 Å². The Morgan fingerprint density at radius 1 is 0.839 bits per heavy atom. The van der Waals surface area contributed by atoms with Crippen LogP contribution in [0.4, 0.5) is 5.69 Å². The second kappa shape index (κ2) is 10.0. The molecule has 0 aromatic heterocycles. The van der Waals surface area contributed by atoms with Crippen LogP contribution in [0.5, 0.6) is 5.75 Å². The zero-order valence-corrected chi connectivity index (χ0v) is 18.9. The van der Waals surface area contributed by atoms with Gasteiger partial charge in [-0.3, -0.25) is 4.90 Å². The van der Waals surface area contributed by atoms with Gasteiger partial charge in [0.15, 0.2) is 0 Å². The second-order valence-electron chi connectivity index (χ2n) is 8.99. The third kappa shape index (κ3) is 5.68.